The van der Waals surface area contributed by atoms with Gasteiger partial charge in [0.2, 0.25) is 0 Å². The zero-order valence-corrected chi connectivity index (χ0v) is 17.6. The van der Waals surface area contributed by atoms with E-state index in [0.29, 0.717) is 23.0 Å². The Hall–Kier alpha value is -3.35. The van der Waals surface area contributed by atoms with Crippen LogP contribution in [-0.2, 0) is 0 Å². The van der Waals surface area contributed by atoms with Gasteiger partial charge >= 0.3 is 0 Å². The van der Waals surface area contributed by atoms with Crippen LogP contribution in [-0.4, -0.2) is 37.4 Å². The van der Waals surface area contributed by atoms with E-state index in [2.05, 4.69) is 26.3 Å². The lowest BCUT2D eigenvalue weighted by molar-refractivity contribution is 0.0945. The third kappa shape index (κ3) is 5.84. The molecule has 162 valence electrons. The fourth-order valence-electron chi connectivity index (χ4n) is 3.96. The molecule has 7 heteroatoms. The Morgan fingerprint density at radius 1 is 0.935 bits per heavy atom. The number of carbonyl (C=O) groups excluding carboxylic acids is 2. The first-order chi connectivity index (χ1) is 15.2. The molecule has 0 aromatic heterocycles. The zero-order chi connectivity index (χ0) is 21.5. The number of hydrogen-bond donors (Lipinski definition) is 4. The van der Waals surface area contributed by atoms with Crippen molar-refractivity contribution in [2.75, 3.05) is 25.0 Å². The minimum Gasteiger partial charge on any atom is -0.356 e. The summed E-state index contributed by atoms with van der Waals surface area (Å²) in [6, 6.07) is 14.7. The van der Waals surface area contributed by atoms with Crippen LogP contribution >= 0.6 is 0 Å². The minimum atomic E-state index is -0.194. The molecule has 0 saturated heterocycles. The lowest BCUT2D eigenvalue weighted by Gasteiger charge is -2.15. The molecule has 4 rings (SSSR count). The molecule has 4 N–H and O–H groups in total. The van der Waals surface area contributed by atoms with Gasteiger partial charge in [0.05, 0.1) is 0 Å². The van der Waals surface area contributed by atoms with Crippen molar-refractivity contribution in [3.8, 4) is 0 Å². The lowest BCUT2D eigenvalue weighted by Crippen LogP contribution is -2.43. The molecule has 0 radical (unpaired) electrons. The average Bonchev–Trinajstić information content (AvgIpc) is 3.32. The van der Waals surface area contributed by atoms with Gasteiger partial charge in [0.1, 0.15) is 0 Å². The van der Waals surface area contributed by atoms with Gasteiger partial charge < -0.3 is 16.0 Å². The van der Waals surface area contributed by atoms with E-state index in [0.717, 1.165) is 37.4 Å². The molecule has 0 unspecified atom stereocenters. The standard InChI is InChI=1S/C24H29N5O2/c30-22(27-16-17-5-1-2-6-17)19-7-3-8-21(15-19)28-20-11-9-18(10-12-20)23(31)29-24-25-13-4-14-26-24/h3,7-12,15,17,28H,1-2,4-6,13-14,16H2,(H,27,30)(H2,25,26,29,31). The highest BCUT2D eigenvalue weighted by Crippen LogP contribution is 2.24. The number of amides is 2. The molecule has 1 saturated carbocycles. The highest BCUT2D eigenvalue weighted by molar-refractivity contribution is 6.06. The van der Waals surface area contributed by atoms with Crippen LogP contribution in [0.5, 0.6) is 0 Å². The fourth-order valence-corrected chi connectivity index (χ4v) is 3.96. The van der Waals surface area contributed by atoms with Crippen molar-refractivity contribution >= 4 is 29.1 Å². The smallest absolute Gasteiger partial charge is 0.257 e. The second-order valence-electron chi connectivity index (χ2n) is 8.11. The van der Waals surface area contributed by atoms with Crippen molar-refractivity contribution in [2.45, 2.75) is 32.1 Å². The SMILES string of the molecule is O=C(NCC1CCCC1)c1cccc(Nc2ccc(C(=O)NC3=NCCCN3)cc2)c1. The monoisotopic (exact) mass is 419 g/mol. The third-order valence-corrected chi connectivity index (χ3v) is 5.72. The number of aliphatic imine (C=N–C) groups is 1. The van der Waals surface area contributed by atoms with Gasteiger partial charge in [0.25, 0.3) is 11.8 Å². The lowest BCUT2D eigenvalue weighted by atomic mass is 10.1. The summed E-state index contributed by atoms with van der Waals surface area (Å²) in [4.78, 5) is 29.1. The fraction of sp³-hybridized carbons (Fsp3) is 0.375. The van der Waals surface area contributed by atoms with E-state index in [-0.39, 0.29) is 11.8 Å². The number of nitrogens with one attached hydrogen (secondary N) is 4. The van der Waals surface area contributed by atoms with Crippen LogP contribution < -0.4 is 21.3 Å². The van der Waals surface area contributed by atoms with E-state index < -0.39 is 0 Å². The molecule has 2 aromatic carbocycles. The maximum Gasteiger partial charge on any atom is 0.257 e. The Bertz CT molecular complexity index is 949. The van der Waals surface area contributed by atoms with E-state index in [4.69, 9.17) is 0 Å². The number of guanidine groups is 1. The summed E-state index contributed by atoms with van der Waals surface area (Å²) >= 11 is 0. The quantitative estimate of drug-likeness (QED) is 0.577. The van der Waals surface area contributed by atoms with Gasteiger partial charge in [-0.15, -0.1) is 0 Å². The van der Waals surface area contributed by atoms with Gasteiger partial charge in [0.15, 0.2) is 5.96 Å². The summed E-state index contributed by atoms with van der Waals surface area (Å²) in [5.41, 5.74) is 2.86. The molecular weight excluding hydrogens is 390 g/mol. The van der Waals surface area contributed by atoms with E-state index in [9.17, 15) is 9.59 Å². The van der Waals surface area contributed by atoms with Crippen molar-refractivity contribution in [3.05, 3.63) is 59.7 Å². The highest BCUT2D eigenvalue weighted by Gasteiger charge is 2.16. The highest BCUT2D eigenvalue weighted by atomic mass is 16.2. The second-order valence-corrected chi connectivity index (χ2v) is 8.11. The molecule has 2 amide bonds. The Morgan fingerprint density at radius 3 is 2.48 bits per heavy atom. The van der Waals surface area contributed by atoms with Crippen molar-refractivity contribution in [2.24, 2.45) is 10.9 Å². The van der Waals surface area contributed by atoms with Gasteiger partial charge in [-0.3, -0.25) is 19.9 Å². The molecule has 1 fully saturated rings. The zero-order valence-electron chi connectivity index (χ0n) is 17.6. The number of anilines is 2. The molecule has 2 aromatic rings. The van der Waals surface area contributed by atoms with Crippen molar-refractivity contribution in [3.63, 3.8) is 0 Å². The van der Waals surface area contributed by atoms with Crippen molar-refractivity contribution < 1.29 is 9.59 Å². The van der Waals surface area contributed by atoms with E-state index in [1.807, 2.05) is 36.4 Å². The Balaban J connectivity index is 1.33. The molecule has 1 aliphatic heterocycles. The molecule has 0 atom stereocenters. The van der Waals surface area contributed by atoms with Crippen molar-refractivity contribution in [1.82, 2.24) is 16.0 Å². The van der Waals surface area contributed by atoms with Gasteiger partial charge in [-0.2, -0.15) is 0 Å². The van der Waals surface area contributed by atoms with E-state index in [1.165, 1.54) is 25.7 Å². The average molecular weight is 420 g/mol. The van der Waals surface area contributed by atoms with Crippen LogP contribution in [0, 0.1) is 5.92 Å². The third-order valence-electron chi connectivity index (χ3n) is 5.72. The Kier molecular flexibility index (Phi) is 6.82. The first kappa shape index (κ1) is 20.9. The largest absolute Gasteiger partial charge is 0.356 e. The predicted octanol–water partition coefficient (Wildman–Crippen LogP) is 3.43. The first-order valence-corrected chi connectivity index (χ1v) is 11.0. The molecule has 1 heterocycles. The summed E-state index contributed by atoms with van der Waals surface area (Å²) in [5.74, 6) is 0.908. The van der Waals surface area contributed by atoms with Gasteiger partial charge in [-0.05, 0) is 67.6 Å². The van der Waals surface area contributed by atoms with Gasteiger partial charge in [0, 0.05) is 42.1 Å². The minimum absolute atomic E-state index is 0.0400. The normalized spacial score (nSPS) is 16.2. The Labute approximate surface area is 182 Å². The van der Waals surface area contributed by atoms with Crippen LogP contribution in [0.15, 0.2) is 53.5 Å². The van der Waals surface area contributed by atoms with Crippen molar-refractivity contribution in [1.29, 1.82) is 0 Å². The predicted molar refractivity (Wildman–Crippen MR) is 123 cm³/mol. The Morgan fingerprint density at radius 2 is 1.74 bits per heavy atom. The maximum absolute atomic E-state index is 12.5. The molecule has 0 spiro atoms. The molecule has 0 bridgehead atoms. The van der Waals surface area contributed by atoms with E-state index in [1.54, 1.807) is 12.1 Å². The molecule has 31 heavy (non-hydrogen) atoms. The number of nitrogens with zero attached hydrogens (tertiary/aromatic N) is 1. The molecule has 2 aliphatic rings. The maximum atomic E-state index is 12.5. The van der Waals surface area contributed by atoms with Crippen LogP contribution in [0.25, 0.3) is 0 Å². The van der Waals surface area contributed by atoms with Crippen LogP contribution in [0.1, 0.15) is 52.8 Å². The van der Waals surface area contributed by atoms with Crippen LogP contribution in [0.4, 0.5) is 11.4 Å². The van der Waals surface area contributed by atoms with Gasteiger partial charge in [-0.25, -0.2) is 0 Å². The van der Waals surface area contributed by atoms with Crippen LogP contribution in [0.2, 0.25) is 0 Å². The second kappa shape index (κ2) is 10.1. The summed E-state index contributed by atoms with van der Waals surface area (Å²) in [6.45, 7) is 2.30. The molecule has 7 nitrogen and oxygen atoms in total. The number of carbonyl (C=O) groups is 2. The molecular formula is C24H29N5O2. The summed E-state index contributed by atoms with van der Waals surface area (Å²) in [5, 5.41) is 12.2. The number of benzene rings is 2. The summed E-state index contributed by atoms with van der Waals surface area (Å²) in [6.07, 6.45) is 5.93. The summed E-state index contributed by atoms with van der Waals surface area (Å²) in [7, 11) is 0. The van der Waals surface area contributed by atoms with Crippen LogP contribution in [0.3, 0.4) is 0 Å². The van der Waals surface area contributed by atoms with E-state index >= 15 is 0 Å². The number of hydrogen-bond acceptors (Lipinski definition) is 5. The molecule has 1 aliphatic carbocycles. The number of rotatable bonds is 6. The topological polar surface area (TPSA) is 94.6 Å². The summed E-state index contributed by atoms with van der Waals surface area (Å²) < 4.78 is 0. The first-order valence-electron chi connectivity index (χ1n) is 11.0. The van der Waals surface area contributed by atoms with Gasteiger partial charge in [-0.1, -0.05) is 18.9 Å².